The zero-order valence-corrected chi connectivity index (χ0v) is 18.5. The number of thioether (sulfide) groups is 1. The van der Waals surface area contributed by atoms with Gasteiger partial charge >= 0.3 is 0 Å². The Balaban J connectivity index is 1.56. The third-order valence-corrected chi connectivity index (χ3v) is 6.38. The Morgan fingerprint density at radius 2 is 2.00 bits per heavy atom. The van der Waals surface area contributed by atoms with E-state index in [0.29, 0.717) is 29.0 Å². The van der Waals surface area contributed by atoms with Crippen molar-refractivity contribution in [2.24, 2.45) is 5.92 Å². The van der Waals surface area contributed by atoms with Gasteiger partial charge in [0.05, 0.1) is 12.3 Å². The van der Waals surface area contributed by atoms with Crippen molar-refractivity contribution < 1.29 is 14.0 Å². The predicted octanol–water partition coefficient (Wildman–Crippen LogP) is 3.32. The van der Waals surface area contributed by atoms with Crippen LogP contribution in [0.5, 0.6) is 0 Å². The zero-order chi connectivity index (χ0) is 22.2. The Bertz CT molecular complexity index is 915. The molecule has 1 aliphatic rings. The molecule has 1 aliphatic carbocycles. The average molecular weight is 446 g/mol. The molecule has 0 radical (unpaired) electrons. The summed E-state index contributed by atoms with van der Waals surface area (Å²) in [6.07, 6.45) is 6.28. The maximum absolute atomic E-state index is 13.0. The average Bonchev–Trinajstić information content (AvgIpc) is 3.14. The molecule has 7 nitrogen and oxygen atoms in total. The predicted molar refractivity (Wildman–Crippen MR) is 118 cm³/mol. The number of allylic oxidation sites excluding steroid dienone is 1. The molecule has 2 unspecified atom stereocenters. The normalized spacial score (nSPS) is 18.4. The van der Waals surface area contributed by atoms with E-state index in [2.05, 4.69) is 34.3 Å². The van der Waals surface area contributed by atoms with Crippen LogP contribution in [-0.2, 0) is 17.9 Å². The third-order valence-electron chi connectivity index (χ3n) is 5.41. The van der Waals surface area contributed by atoms with Gasteiger partial charge in [-0.2, -0.15) is 0 Å². The molecule has 2 amide bonds. The van der Waals surface area contributed by atoms with Gasteiger partial charge in [0.15, 0.2) is 11.0 Å². The highest BCUT2D eigenvalue weighted by Crippen LogP contribution is 2.24. The molecule has 0 bridgehead atoms. The van der Waals surface area contributed by atoms with Gasteiger partial charge in [0.1, 0.15) is 5.82 Å². The Morgan fingerprint density at radius 3 is 2.71 bits per heavy atom. The van der Waals surface area contributed by atoms with Crippen molar-refractivity contribution in [3.8, 4) is 0 Å². The van der Waals surface area contributed by atoms with Crippen LogP contribution in [0.2, 0.25) is 0 Å². The first-order chi connectivity index (χ1) is 15.0. The fourth-order valence-corrected chi connectivity index (χ4v) is 4.42. The summed E-state index contributed by atoms with van der Waals surface area (Å²) in [4.78, 5) is 24.7. The van der Waals surface area contributed by atoms with Gasteiger partial charge in [0.25, 0.3) is 5.91 Å². The molecule has 166 valence electrons. The molecule has 2 atom stereocenters. The summed E-state index contributed by atoms with van der Waals surface area (Å²) in [7, 11) is 0. The van der Waals surface area contributed by atoms with Crippen LogP contribution in [0.1, 0.15) is 48.8 Å². The number of halogens is 1. The number of rotatable bonds is 9. The lowest BCUT2D eigenvalue weighted by Gasteiger charge is -2.29. The molecule has 1 heterocycles. The minimum atomic E-state index is -0.397. The molecule has 2 N–H and O–H groups in total. The lowest BCUT2D eigenvalue weighted by atomic mass is 9.86. The Kier molecular flexibility index (Phi) is 8.22. The van der Waals surface area contributed by atoms with E-state index in [4.69, 9.17) is 0 Å². The van der Waals surface area contributed by atoms with Crippen LogP contribution >= 0.6 is 11.8 Å². The zero-order valence-electron chi connectivity index (χ0n) is 17.6. The van der Waals surface area contributed by atoms with E-state index in [1.165, 1.54) is 42.4 Å². The molecule has 2 aromatic rings. The second-order valence-electron chi connectivity index (χ2n) is 7.71. The summed E-state index contributed by atoms with van der Waals surface area (Å²) in [5.41, 5.74) is 0.361. The molecule has 9 heteroatoms. The van der Waals surface area contributed by atoms with Crippen molar-refractivity contribution in [3.63, 3.8) is 0 Å². The Hall–Kier alpha value is -2.68. The lowest BCUT2D eigenvalue weighted by molar-refractivity contribution is -0.119. The van der Waals surface area contributed by atoms with Crippen molar-refractivity contribution in [1.82, 2.24) is 25.4 Å². The fourth-order valence-electron chi connectivity index (χ4n) is 3.64. The molecule has 0 aliphatic heterocycles. The SMILES string of the molecule is C=CCn1c(CNC(=O)c2ccc(F)cc2)nnc1SCC(=O)NC1CCCCC1C. The quantitative estimate of drug-likeness (QED) is 0.457. The molecule has 1 aromatic heterocycles. The molecular formula is C22H28FN5O2S. The molecule has 31 heavy (non-hydrogen) atoms. The van der Waals surface area contributed by atoms with Crippen LogP contribution in [0.15, 0.2) is 42.1 Å². The minimum absolute atomic E-state index is 0.0111. The van der Waals surface area contributed by atoms with Crippen LogP contribution in [0.25, 0.3) is 0 Å². The lowest BCUT2D eigenvalue weighted by Crippen LogP contribution is -2.41. The van der Waals surface area contributed by atoms with Crippen LogP contribution in [0.4, 0.5) is 4.39 Å². The largest absolute Gasteiger partial charge is 0.352 e. The standard InChI is InChI=1S/C22H28FN5O2S/c1-3-12-28-19(13-24-21(30)16-8-10-17(23)11-9-16)26-27-22(28)31-14-20(29)25-18-7-5-4-6-15(18)2/h3,8-11,15,18H,1,4-7,12-14H2,2H3,(H,24,30)(H,25,29). The van der Waals surface area contributed by atoms with E-state index in [1.807, 2.05) is 4.57 Å². The van der Waals surface area contributed by atoms with E-state index in [9.17, 15) is 14.0 Å². The van der Waals surface area contributed by atoms with E-state index < -0.39 is 5.82 Å². The molecule has 0 spiro atoms. The molecule has 3 rings (SSSR count). The second kappa shape index (κ2) is 11.1. The van der Waals surface area contributed by atoms with E-state index in [-0.39, 0.29) is 30.2 Å². The number of carbonyl (C=O) groups excluding carboxylic acids is 2. The summed E-state index contributed by atoms with van der Waals surface area (Å²) >= 11 is 1.31. The number of benzene rings is 1. The van der Waals surface area contributed by atoms with Crippen molar-refractivity contribution in [3.05, 3.63) is 54.1 Å². The maximum atomic E-state index is 13.0. The highest BCUT2D eigenvalue weighted by Gasteiger charge is 2.23. The third kappa shape index (κ3) is 6.40. The number of carbonyl (C=O) groups is 2. The molecule has 0 saturated heterocycles. The van der Waals surface area contributed by atoms with Crippen molar-refractivity contribution in [2.45, 2.75) is 56.9 Å². The van der Waals surface area contributed by atoms with E-state index >= 15 is 0 Å². The van der Waals surface area contributed by atoms with Gasteiger partial charge in [0, 0.05) is 18.2 Å². The van der Waals surface area contributed by atoms with Crippen molar-refractivity contribution in [2.75, 3.05) is 5.75 Å². The summed E-state index contributed by atoms with van der Waals surface area (Å²) in [6, 6.07) is 5.56. The topological polar surface area (TPSA) is 88.9 Å². The number of aromatic nitrogens is 3. The maximum Gasteiger partial charge on any atom is 0.251 e. The first-order valence-electron chi connectivity index (χ1n) is 10.5. The Morgan fingerprint density at radius 1 is 1.26 bits per heavy atom. The summed E-state index contributed by atoms with van der Waals surface area (Å²) in [5, 5.41) is 14.8. The van der Waals surface area contributed by atoms with Gasteiger partial charge in [-0.3, -0.25) is 9.59 Å². The van der Waals surface area contributed by atoms with Crippen LogP contribution in [-0.4, -0.2) is 38.4 Å². The smallest absolute Gasteiger partial charge is 0.251 e. The van der Waals surface area contributed by atoms with E-state index in [0.717, 1.165) is 19.3 Å². The van der Waals surface area contributed by atoms with Crippen LogP contribution in [0, 0.1) is 11.7 Å². The number of hydrogen-bond donors (Lipinski definition) is 2. The van der Waals surface area contributed by atoms with Gasteiger partial charge in [-0.15, -0.1) is 16.8 Å². The Labute approximate surface area is 185 Å². The van der Waals surface area contributed by atoms with Gasteiger partial charge in [0.2, 0.25) is 5.91 Å². The van der Waals surface area contributed by atoms with Gasteiger partial charge in [-0.05, 0) is 43.0 Å². The number of amides is 2. The molecule has 1 saturated carbocycles. The van der Waals surface area contributed by atoms with Crippen molar-refractivity contribution >= 4 is 23.6 Å². The number of nitrogens with zero attached hydrogens (tertiary/aromatic N) is 3. The molecule has 1 fully saturated rings. The minimum Gasteiger partial charge on any atom is -0.352 e. The van der Waals surface area contributed by atoms with Gasteiger partial charge in [-0.25, -0.2) is 4.39 Å². The summed E-state index contributed by atoms with van der Waals surface area (Å²) < 4.78 is 14.8. The monoisotopic (exact) mass is 445 g/mol. The number of nitrogens with one attached hydrogen (secondary N) is 2. The molecule has 1 aromatic carbocycles. The molecular weight excluding hydrogens is 417 g/mol. The summed E-state index contributed by atoms with van der Waals surface area (Å²) in [6.45, 7) is 6.56. The second-order valence-corrected chi connectivity index (χ2v) is 8.65. The fraction of sp³-hybridized carbons (Fsp3) is 0.455. The highest BCUT2D eigenvalue weighted by molar-refractivity contribution is 7.99. The van der Waals surface area contributed by atoms with Crippen LogP contribution < -0.4 is 10.6 Å². The highest BCUT2D eigenvalue weighted by atomic mass is 32.2. The van der Waals surface area contributed by atoms with Gasteiger partial charge in [-0.1, -0.05) is 37.6 Å². The summed E-state index contributed by atoms with van der Waals surface area (Å²) in [5.74, 6) is 0.570. The van der Waals surface area contributed by atoms with Gasteiger partial charge < -0.3 is 15.2 Å². The number of hydrogen-bond acceptors (Lipinski definition) is 5. The van der Waals surface area contributed by atoms with Crippen LogP contribution in [0.3, 0.4) is 0 Å². The van der Waals surface area contributed by atoms with Crippen molar-refractivity contribution in [1.29, 1.82) is 0 Å². The first kappa shape index (κ1) is 23.0. The first-order valence-corrected chi connectivity index (χ1v) is 11.5. The van der Waals surface area contributed by atoms with E-state index in [1.54, 1.807) is 6.08 Å².